The Bertz CT molecular complexity index is 1140. The number of rotatable bonds is 4. The van der Waals surface area contributed by atoms with E-state index in [1.54, 1.807) is 7.11 Å². The number of aromatic amines is 1. The minimum atomic E-state index is 0.0779. The Morgan fingerprint density at radius 3 is 3.00 bits per heavy atom. The summed E-state index contributed by atoms with van der Waals surface area (Å²) in [6, 6.07) is 9.99. The van der Waals surface area contributed by atoms with Gasteiger partial charge in [0.15, 0.2) is 5.13 Å². The van der Waals surface area contributed by atoms with Gasteiger partial charge in [0, 0.05) is 16.9 Å². The van der Waals surface area contributed by atoms with Gasteiger partial charge in [-0.25, -0.2) is 4.98 Å². The molecule has 4 aromatic rings. The van der Waals surface area contributed by atoms with E-state index < -0.39 is 0 Å². The van der Waals surface area contributed by atoms with Gasteiger partial charge in [0.2, 0.25) is 5.91 Å². The van der Waals surface area contributed by atoms with Crippen molar-refractivity contribution in [2.45, 2.75) is 12.8 Å². The van der Waals surface area contributed by atoms with Crippen molar-refractivity contribution in [3.8, 4) is 16.9 Å². The third-order valence-corrected chi connectivity index (χ3v) is 5.59. The van der Waals surface area contributed by atoms with E-state index in [4.69, 9.17) is 4.74 Å². The first-order chi connectivity index (χ1) is 12.7. The minimum absolute atomic E-state index is 0.0779. The highest BCUT2D eigenvalue weighted by molar-refractivity contribution is 7.22. The molecule has 0 radical (unpaired) electrons. The van der Waals surface area contributed by atoms with Crippen LogP contribution in [-0.4, -0.2) is 28.2 Å². The van der Waals surface area contributed by atoms with Crippen molar-refractivity contribution >= 4 is 43.5 Å². The molecule has 0 aliphatic heterocycles. The summed E-state index contributed by atoms with van der Waals surface area (Å²) in [5.74, 6) is 1.04. The first-order valence-corrected chi connectivity index (χ1v) is 9.26. The fraction of sp³-hybridized carbons (Fsp3) is 0.211. The van der Waals surface area contributed by atoms with Crippen LogP contribution < -0.4 is 10.1 Å². The van der Waals surface area contributed by atoms with Gasteiger partial charge in [0.25, 0.3) is 0 Å². The van der Waals surface area contributed by atoms with Gasteiger partial charge in [-0.1, -0.05) is 17.4 Å². The molecule has 1 saturated carbocycles. The lowest BCUT2D eigenvalue weighted by atomic mass is 10.0. The van der Waals surface area contributed by atoms with Crippen LogP contribution in [0.5, 0.6) is 5.75 Å². The largest absolute Gasteiger partial charge is 0.496 e. The molecule has 2 N–H and O–H groups in total. The molecule has 1 aliphatic rings. The summed E-state index contributed by atoms with van der Waals surface area (Å²) >= 11 is 1.49. The molecule has 0 saturated heterocycles. The number of amides is 1. The van der Waals surface area contributed by atoms with Crippen LogP contribution in [0.1, 0.15) is 12.8 Å². The Morgan fingerprint density at radius 2 is 2.19 bits per heavy atom. The van der Waals surface area contributed by atoms with Gasteiger partial charge in [0.1, 0.15) is 5.75 Å². The van der Waals surface area contributed by atoms with Crippen LogP contribution in [0.2, 0.25) is 0 Å². The van der Waals surface area contributed by atoms with Gasteiger partial charge < -0.3 is 10.1 Å². The van der Waals surface area contributed by atoms with Gasteiger partial charge in [0.05, 0.1) is 29.0 Å². The molecule has 0 spiro atoms. The summed E-state index contributed by atoms with van der Waals surface area (Å²) in [4.78, 5) is 16.5. The number of carbonyl (C=O) groups excluding carboxylic acids is 1. The highest BCUT2D eigenvalue weighted by Crippen LogP contribution is 2.39. The van der Waals surface area contributed by atoms with Crippen molar-refractivity contribution in [2.75, 3.05) is 12.4 Å². The summed E-state index contributed by atoms with van der Waals surface area (Å²) in [6.45, 7) is 0. The number of nitrogens with one attached hydrogen (secondary N) is 2. The number of hydrogen-bond donors (Lipinski definition) is 2. The van der Waals surface area contributed by atoms with E-state index in [9.17, 15) is 4.79 Å². The number of thiazole rings is 1. The van der Waals surface area contributed by atoms with Crippen molar-refractivity contribution in [3.63, 3.8) is 0 Å². The molecule has 5 rings (SSSR count). The zero-order valence-corrected chi connectivity index (χ0v) is 14.9. The number of carbonyl (C=O) groups is 1. The molecule has 7 heteroatoms. The second-order valence-electron chi connectivity index (χ2n) is 6.44. The van der Waals surface area contributed by atoms with Crippen LogP contribution in [-0.2, 0) is 4.79 Å². The number of anilines is 1. The smallest absolute Gasteiger partial charge is 0.229 e. The van der Waals surface area contributed by atoms with Crippen LogP contribution >= 0.6 is 11.3 Å². The Labute approximate surface area is 153 Å². The molecule has 6 nitrogen and oxygen atoms in total. The molecular weight excluding hydrogens is 348 g/mol. The van der Waals surface area contributed by atoms with Crippen LogP contribution in [0.4, 0.5) is 5.13 Å². The topological polar surface area (TPSA) is 79.9 Å². The SMILES string of the molecule is COc1ccc2[nH]ncc2c1-c1ccc2nc(NC(=O)C3CC3)sc2c1. The molecule has 0 unspecified atom stereocenters. The highest BCUT2D eigenvalue weighted by Gasteiger charge is 2.30. The van der Waals surface area contributed by atoms with Crippen LogP contribution in [0.25, 0.3) is 32.2 Å². The molecule has 1 amide bonds. The van der Waals surface area contributed by atoms with Gasteiger partial charge in [-0.2, -0.15) is 5.10 Å². The second kappa shape index (κ2) is 5.81. The van der Waals surface area contributed by atoms with E-state index in [1.165, 1.54) is 11.3 Å². The molecule has 1 fully saturated rings. The van der Waals surface area contributed by atoms with E-state index in [1.807, 2.05) is 30.5 Å². The number of ether oxygens (including phenoxy) is 1. The van der Waals surface area contributed by atoms with Gasteiger partial charge in [-0.15, -0.1) is 0 Å². The second-order valence-corrected chi connectivity index (χ2v) is 7.47. The van der Waals surface area contributed by atoms with E-state index in [-0.39, 0.29) is 11.8 Å². The maximum atomic E-state index is 12.0. The lowest BCUT2D eigenvalue weighted by Crippen LogP contribution is -2.12. The third-order valence-electron chi connectivity index (χ3n) is 4.66. The quantitative estimate of drug-likeness (QED) is 0.569. The predicted molar refractivity (Wildman–Crippen MR) is 103 cm³/mol. The summed E-state index contributed by atoms with van der Waals surface area (Å²) in [7, 11) is 1.67. The van der Waals surface area contributed by atoms with E-state index >= 15 is 0 Å². The van der Waals surface area contributed by atoms with Gasteiger partial charge in [-0.3, -0.25) is 9.89 Å². The predicted octanol–water partition coefficient (Wildman–Crippen LogP) is 4.20. The molecule has 130 valence electrons. The summed E-state index contributed by atoms with van der Waals surface area (Å²) < 4.78 is 6.59. The van der Waals surface area contributed by atoms with Crippen molar-refractivity contribution in [1.29, 1.82) is 0 Å². The Morgan fingerprint density at radius 1 is 1.31 bits per heavy atom. The Kier molecular flexibility index (Phi) is 3.43. The molecule has 0 atom stereocenters. The maximum absolute atomic E-state index is 12.0. The summed E-state index contributed by atoms with van der Waals surface area (Å²) in [6.07, 6.45) is 3.77. The molecule has 2 aromatic carbocycles. The third kappa shape index (κ3) is 2.52. The average molecular weight is 364 g/mol. The van der Waals surface area contributed by atoms with Crippen LogP contribution in [0.15, 0.2) is 36.5 Å². The van der Waals surface area contributed by atoms with Crippen molar-refractivity contribution in [2.24, 2.45) is 5.92 Å². The number of methoxy groups -OCH3 is 1. The number of benzene rings is 2. The number of hydrogen-bond acceptors (Lipinski definition) is 5. The highest BCUT2D eigenvalue weighted by atomic mass is 32.1. The van der Waals surface area contributed by atoms with E-state index in [0.717, 1.165) is 50.8 Å². The molecule has 26 heavy (non-hydrogen) atoms. The van der Waals surface area contributed by atoms with Crippen LogP contribution in [0, 0.1) is 5.92 Å². The fourth-order valence-corrected chi connectivity index (χ4v) is 4.06. The zero-order valence-electron chi connectivity index (χ0n) is 14.1. The lowest BCUT2D eigenvalue weighted by molar-refractivity contribution is -0.117. The van der Waals surface area contributed by atoms with E-state index in [2.05, 4.69) is 26.6 Å². The summed E-state index contributed by atoms with van der Waals surface area (Å²) in [5.41, 5.74) is 3.87. The lowest BCUT2D eigenvalue weighted by Gasteiger charge is -2.10. The van der Waals surface area contributed by atoms with Crippen LogP contribution in [0.3, 0.4) is 0 Å². The molecular formula is C19H16N4O2S. The number of nitrogens with zero attached hydrogens (tertiary/aromatic N) is 2. The standard InChI is InChI=1S/C19H16N4O2S/c1-25-15-7-6-13-12(9-20-23-13)17(15)11-4-5-14-16(8-11)26-19(21-14)22-18(24)10-2-3-10/h4-10H,2-3H2,1H3,(H,20,23)(H,21,22,24). The molecule has 2 heterocycles. The Balaban J connectivity index is 1.59. The first kappa shape index (κ1) is 15.3. The summed E-state index contributed by atoms with van der Waals surface area (Å²) in [5, 5.41) is 11.7. The number of fused-ring (bicyclic) bond motifs is 2. The minimum Gasteiger partial charge on any atom is -0.496 e. The van der Waals surface area contributed by atoms with Gasteiger partial charge in [-0.05, 0) is 42.7 Å². The monoisotopic (exact) mass is 364 g/mol. The maximum Gasteiger partial charge on any atom is 0.229 e. The Hall–Kier alpha value is -2.93. The zero-order chi connectivity index (χ0) is 17.7. The van der Waals surface area contributed by atoms with Crippen molar-refractivity contribution < 1.29 is 9.53 Å². The number of aromatic nitrogens is 3. The van der Waals surface area contributed by atoms with E-state index in [0.29, 0.717) is 5.13 Å². The average Bonchev–Trinajstić information content (AvgIpc) is 3.26. The van der Waals surface area contributed by atoms with Crippen molar-refractivity contribution in [3.05, 3.63) is 36.5 Å². The normalized spacial score (nSPS) is 14.0. The molecule has 0 bridgehead atoms. The molecule has 2 aromatic heterocycles. The number of H-pyrrole nitrogens is 1. The molecule has 1 aliphatic carbocycles. The van der Waals surface area contributed by atoms with Gasteiger partial charge >= 0.3 is 0 Å². The van der Waals surface area contributed by atoms with Crippen molar-refractivity contribution in [1.82, 2.24) is 15.2 Å². The fourth-order valence-electron chi connectivity index (χ4n) is 3.15. The first-order valence-electron chi connectivity index (χ1n) is 8.45.